The lowest BCUT2D eigenvalue weighted by Gasteiger charge is -2.50. The van der Waals surface area contributed by atoms with Crippen LogP contribution in [0.4, 0.5) is 0 Å². The van der Waals surface area contributed by atoms with Crippen LogP contribution in [0.3, 0.4) is 0 Å². The second-order valence-electron chi connectivity index (χ2n) is 6.01. The molecule has 1 aromatic heterocycles. The minimum Gasteiger partial charge on any atom is -0.311 e. The summed E-state index contributed by atoms with van der Waals surface area (Å²) in [7, 11) is 0. The highest BCUT2D eigenvalue weighted by molar-refractivity contribution is 4.97. The third-order valence-electron chi connectivity index (χ3n) is 4.94. The molecule has 1 aliphatic rings. The zero-order valence-corrected chi connectivity index (χ0v) is 13.3. The lowest BCUT2D eigenvalue weighted by molar-refractivity contribution is 0.0263. The quantitative estimate of drug-likeness (QED) is 0.832. The molecule has 0 saturated carbocycles. The summed E-state index contributed by atoms with van der Waals surface area (Å²) in [4.78, 5) is 2.71. The van der Waals surface area contributed by atoms with E-state index in [1.165, 1.54) is 32.2 Å². The van der Waals surface area contributed by atoms with Crippen LogP contribution in [0.1, 0.15) is 46.5 Å². The first-order valence-corrected chi connectivity index (χ1v) is 8.20. The number of aromatic nitrogens is 2. The number of piperazine rings is 1. The summed E-state index contributed by atoms with van der Waals surface area (Å²) >= 11 is 0. The highest BCUT2D eigenvalue weighted by atomic mass is 15.3. The van der Waals surface area contributed by atoms with Crippen LogP contribution in [-0.4, -0.2) is 45.9 Å². The van der Waals surface area contributed by atoms with Gasteiger partial charge in [-0.15, -0.1) is 0 Å². The summed E-state index contributed by atoms with van der Waals surface area (Å²) in [5.41, 5.74) is 0.331. The Morgan fingerprint density at radius 2 is 2.05 bits per heavy atom. The summed E-state index contributed by atoms with van der Waals surface area (Å²) in [5.74, 6) is 0. The Balaban J connectivity index is 2.01. The molecule has 1 unspecified atom stereocenters. The van der Waals surface area contributed by atoms with E-state index in [1.54, 1.807) is 0 Å². The van der Waals surface area contributed by atoms with Crippen molar-refractivity contribution in [3.8, 4) is 0 Å². The van der Waals surface area contributed by atoms with Gasteiger partial charge in [0, 0.05) is 43.6 Å². The van der Waals surface area contributed by atoms with Crippen molar-refractivity contribution < 1.29 is 0 Å². The first-order chi connectivity index (χ1) is 9.74. The zero-order valence-electron chi connectivity index (χ0n) is 13.3. The summed E-state index contributed by atoms with van der Waals surface area (Å²) in [6, 6.07) is 2.66. The topological polar surface area (TPSA) is 33.1 Å². The van der Waals surface area contributed by atoms with Gasteiger partial charge in [-0.05, 0) is 25.3 Å². The van der Waals surface area contributed by atoms with E-state index in [-0.39, 0.29) is 0 Å². The molecule has 1 atom stereocenters. The second-order valence-corrected chi connectivity index (χ2v) is 6.01. The summed E-state index contributed by atoms with van der Waals surface area (Å²) < 4.78 is 2.05. The van der Waals surface area contributed by atoms with Crippen molar-refractivity contribution in [3.63, 3.8) is 0 Å². The first-order valence-electron chi connectivity index (χ1n) is 8.20. The van der Waals surface area contributed by atoms with Gasteiger partial charge in [0.25, 0.3) is 0 Å². The standard InChI is InChI=1S/C16H30N4/c1-4-8-15-13-19(11-12-20-10-7-9-18-20)16(5-2,6-3)14-17-15/h7,9-10,15,17H,4-6,8,11-14H2,1-3H3. The van der Waals surface area contributed by atoms with Gasteiger partial charge in [0.15, 0.2) is 0 Å². The molecule has 0 radical (unpaired) electrons. The van der Waals surface area contributed by atoms with E-state index in [1.807, 2.05) is 16.9 Å². The zero-order chi connectivity index (χ0) is 14.4. The van der Waals surface area contributed by atoms with E-state index >= 15 is 0 Å². The van der Waals surface area contributed by atoms with E-state index in [0.717, 1.165) is 19.6 Å². The average molecular weight is 278 g/mol. The molecule has 0 aromatic carbocycles. The molecule has 0 bridgehead atoms. The van der Waals surface area contributed by atoms with Crippen LogP contribution in [0.2, 0.25) is 0 Å². The molecule has 4 nitrogen and oxygen atoms in total. The molecular formula is C16H30N4. The van der Waals surface area contributed by atoms with Gasteiger partial charge in [0.1, 0.15) is 0 Å². The van der Waals surface area contributed by atoms with E-state index in [0.29, 0.717) is 11.6 Å². The maximum absolute atomic E-state index is 4.33. The Kier molecular flexibility index (Phi) is 5.61. The van der Waals surface area contributed by atoms with Crippen molar-refractivity contribution >= 4 is 0 Å². The third kappa shape index (κ3) is 3.41. The third-order valence-corrected chi connectivity index (χ3v) is 4.94. The maximum Gasteiger partial charge on any atom is 0.0536 e. The molecular weight excluding hydrogens is 248 g/mol. The monoisotopic (exact) mass is 278 g/mol. The molecule has 2 rings (SSSR count). The number of hydrogen-bond donors (Lipinski definition) is 1. The van der Waals surface area contributed by atoms with Crippen LogP contribution in [0, 0.1) is 0 Å². The van der Waals surface area contributed by atoms with Crippen molar-refractivity contribution in [1.82, 2.24) is 20.0 Å². The van der Waals surface area contributed by atoms with Crippen molar-refractivity contribution in [2.75, 3.05) is 19.6 Å². The molecule has 1 saturated heterocycles. The highest BCUT2D eigenvalue weighted by Gasteiger charge is 2.38. The molecule has 1 fully saturated rings. The number of hydrogen-bond acceptors (Lipinski definition) is 3. The Morgan fingerprint density at radius 3 is 2.65 bits per heavy atom. The normalized spacial score (nSPS) is 23.1. The molecule has 0 aliphatic carbocycles. The fraction of sp³-hybridized carbons (Fsp3) is 0.812. The molecule has 4 heteroatoms. The molecule has 0 amide bonds. The van der Waals surface area contributed by atoms with Crippen molar-refractivity contribution in [2.45, 2.75) is 64.6 Å². The van der Waals surface area contributed by atoms with Gasteiger partial charge in [-0.1, -0.05) is 27.2 Å². The van der Waals surface area contributed by atoms with Crippen molar-refractivity contribution in [1.29, 1.82) is 0 Å². The lowest BCUT2D eigenvalue weighted by atomic mass is 9.86. The van der Waals surface area contributed by atoms with Gasteiger partial charge in [-0.2, -0.15) is 5.10 Å². The van der Waals surface area contributed by atoms with Crippen LogP contribution in [-0.2, 0) is 6.54 Å². The first kappa shape index (κ1) is 15.5. The minimum absolute atomic E-state index is 0.331. The molecule has 0 spiro atoms. The Hall–Kier alpha value is -0.870. The van der Waals surface area contributed by atoms with E-state index in [2.05, 4.69) is 42.3 Å². The Labute approximate surface area is 123 Å². The van der Waals surface area contributed by atoms with Crippen LogP contribution in [0.5, 0.6) is 0 Å². The molecule has 1 aromatic rings. The Bertz CT molecular complexity index is 370. The number of nitrogens with one attached hydrogen (secondary N) is 1. The fourth-order valence-electron chi connectivity index (χ4n) is 3.44. The van der Waals surface area contributed by atoms with Crippen molar-refractivity contribution in [2.24, 2.45) is 0 Å². The SMILES string of the molecule is CCCC1CN(CCn2cccn2)C(CC)(CC)CN1. The van der Waals surface area contributed by atoms with Crippen LogP contribution < -0.4 is 5.32 Å². The van der Waals surface area contributed by atoms with Gasteiger partial charge in [-0.25, -0.2) is 0 Å². The predicted octanol–water partition coefficient (Wildman–Crippen LogP) is 2.52. The van der Waals surface area contributed by atoms with E-state index in [9.17, 15) is 0 Å². The van der Waals surface area contributed by atoms with Gasteiger partial charge < -0.3 is 5.32 Å². The maximum atomic E-state index is 4.33. The molecule has 2 heterocycles. The minimum atomic E-state index is 0.331. The highest BCUT2D eigenvalue weighted by Crippen LogP contribution is 2.27. The largest absolute Gasteiger partial charge is 0.311 e. The van der Waals surface area contributed by atoms with E-state index < -0.39 is 0 Å². The van der Waals surface area contributed by atoms with Gasteiger partial charge in [0.2, 0.25) is 0 Å². The summed E-state index contributed by atoms with van der Waals surface area (Å²) in [6.07, 6.45) is 8.90. The molecule has 20 heavy (non-hydrogen) atoms. The number of nitrogens with zero attached hydrogens (tertiary/aromatic N) is 3. The fourth-order valence-corrected chi connectivity index (χ4v) is 3.44. The molecule has 1 aliphatic heterocycles. The van der Waals surface area contributed by atoms with Crippen LogP contribution in [0.25, 0.3) is 0 Å². The van der Waals surface area contributed by atoms with Crippen LogP contribution in [0.15, 0.2) is 18.5 Å². The number of rotatable bonds is 7. The van der Waals surface area contributed by atoms with E-state index in [4.69, 9.17) is 0 Å². The predicted molar refractivity (Wildman–Crippen MR) is 83.8 cm³/mol. The Morgan fingerprint density at radius 1 is 1.25 bits per heavy atom. The smallest absolute Gasteiger partial charge is 0.0536 e. The van der Waals surface area contributed by atoms with Gasteiger partial charge >= 0.3 is 0 Å². The van der Waals surface area contributed by atoms with Crippen molar-refractivity contribution in [3.05, 3.63) is 18.5 Å². The summed E-state index contributed by atoms with van der Waals surface area (Å²) in [5, 5.41) is 8.10. The molecule has 114 valence electrons. The molecule has 1 N–H and O–H groups in total. The van der Waals surface area contributed by atoms with Gasteiger partial charge in [-0.3, -0.25) is 9.58 Å². The van der Waals surface area contributed by atoms with Gasteiger partial charge in [0.05, 0.1) is 6.54 Å². The van der Waals surface area contributed by atoms with Crippen LogP contribution >= 0.6 is 0 Å². The average Bonchev–Trinajstić information content (AvgIpc) is 2.99. The lowest BCUT2D eigenvalue weighted by Crippen LogP contribution is -2.64. The summed E-state index contributed by atoms with van der Waals surface area (Å²) in [6.45, 7) is 11.3. The second kappa shape index (κ2) is 7.23.